The fourth-order valence-corrected chi connectivity index (χ4v) is 3.95. The molecule has 168 valence electrons. The average Bonchev–Trinajstić information content (AvgIpc) is 2.77. The molecular formula is C25H33FN2O3. The molecule has 0 radical (unpaired) electrons. The molecular weight excluding hydrogens is 395 g/mol. The zero-order valence-electron chi connectivity index (χ0n) is 18.7. The second kappa shape index (κ2) is 11.1. The molecule has 5 nitrogen and oxygen atoms in total. The Morgan fingerprint density at radius 2 is 1.71 bits per heavy atom. The number of halogens is 1. The maximum atomic E-state index is 13.1. The minimum atomic E-state index is -0.214. The summed E-state index contributed by atoms with van der Waals surface area (Å²) in [5.41, 5.74) is 2.09. The Morgan fingerprint density at radius 3 is 2.35 bits per heavy atom. The number of nitrogens with one attached hydrogen (secondary N) is 1. The summed E-state index contributed by atoms with van der Waals surface area (Å²) in [5.74, 6) is 1.33. The third-order valence-electron chi connectivity index (χ3n) is 5.70. The summed E-state index contributed by atoms with van der Waals surface area (Å²) in [6, 6.07) is 12.4. The summed E-state index contributed by atoms with van der Waals surface area (Å²) in [7, 11) is 0. The Balaban J connectivity index is 1.52. The fraction of sp³-hybridized carbons (Fsp3) is 0.480. The van der Waals surface area contributed by atoms with E-state index in [0.29, 0.717) is 19.0 Å². The highest BCUT2D eigenvalue weighted by molar-refractivity contribution is 5.79. The van der Waals surface area contributed by atoms with E-state index in [1.54, 1.807) is 0 Å². The lowest BCUT2D eigenvalue weighted by atomic mass is 9.94. The van der Waals surface area contributed by atoms with Crippen LogP contribution in [-0.4, -0.2) is 37.1 Å². The highest BCUT2D eigenvalue weighted by atomic mass is 19.1. The largest absolute Gasteiger partial charge is 0.490 e. The Labute approximate surface area is 184 Å². The Bertz CT molecular complexity index is 848. The second-order valence-electron chi connectivity index (χ2n) is 7.98. The predicted molar refractivity (Wildman–Crippen MR) is 120 cm³/mol. The molecule has 1 amide bonds. The van der Waals surface area contributed by atoms with Gasteiger partial charge >= 0.3 is 0 Å². The van der Waals surface area contributed by atoms with Crippen molar-refractivity contribution in [2.24, 2.45) is 5.92 Å². The Morgan fingerprint density at radius 1 is 1.06 bits per heavy atom. The molecule has 2 aromatic carbocycles. The summed E-state index contributed by atoms with van der Waals surface area (Å²) in [5, 5.41) is 3.16. The summed E-state index contributed by atoms with van der Waals surface area (Å²) in [4.78, 5) is 15.2. The van der Waals surface area contributed by atoms with Crippen LogP contribution in [-0.2, 0) is 11.3 Å². The van der Waals surface area contributed by atoms with Crippen LogP contribution in [0.3, 0.4) is 0 Å². The molecule has 2 aromatic rings. The lowest BCUT2D eigenvalue weighted by Gasteiger charge is -2.32. The van der Waals surface area contributed by atoms with Crippen LogP contribution in [0.1, 0.15) is 50.8 Å². The lowest BCUT2D eigenvalue weighted by molar-refractivity contribution is -0.127. The normalized spacial score (nSPS) is 16.0. The predicted octanol–water partition coefficient (Wildman–Crippen LogP) is 4.71. The quantitative estimate of drug-likeness (QED) is 0.628. The summed E-state index contributed by atoms with van der Waals surface area (Å²) >= 11 is 0. The standard InChI is InChI=1S/C25H33FN2O3/c1-4-30-23-11-8-21(16-24(23)31-5-2)18(3)27-25(29)20-12-14-28(15-13-20)17-19-6-9-22(26)10-7-19/h6-11,16,18,20H,4-5,12-15,17H2,1-3H3,(H,27,29)/t18-/m1/s1. The van der Waals surface area contributed by atoms with E-state index in [0.717, 1.165) is 49.4 Å². The van der Waals surface area contributed by atoms with Gasteiger partial charge in [-0.25, -0.2) is 4.39 Å². The number of nitrogens with zero attached hydrogens (tertiary/aromatic N) is 1. The number of hydrogen-bond acceptors (Lipinski definition) is 4. The van der Waals surface area contributed by atoms with E-state index in [4.69, 9.17) is 9.47 Å². The van der Waals surface area contributed by atoms with Crippen molar-refractivity contribution in [3.8, 4) is 11.5 Å². The summed E-state index contributed by atoms with van der Waals surface area (Å²) < 4.78 is 24.4. The molecule has 1 heterocycles. The monoisotopic (exact) mass is 428 g/mol. The molecule has 1 N–H and O–H groups in total. The molecule has 1 aliphatic heterocycles. The van der Waals surface area contributed by atoms with Gasteiger partial charge in [0.25, 0.3) is 0 Å². The molecule has 0 aromatic heterocycles. The van der Waals surface area contributed by atoms with E-state index in [1.165, 1.54) is 12.1 Å². The Kier molecular flexibility index (Phi) is 8.29. The van der Waals surface area contributed by atoms with E-state index in [9.17, 15) is 9.18 Å². The van der Waals surface area contributed by atoms with Crippen LogP contribution in [0, 0.1) is 11.7 Å². The van der Waals surface area contributed by atoms with Crippen LogP contribution in [0.5, 0.6) is 11.5 Å². The molecule has 0 bridgehead atoms. The highest BCUT2D eigenvalue weighted by Gasteiger charge is 2.26. The number of ether oxygens (including phenoxy) is 2. The SMILES string of the molecule is CCOc1ccc([C@@H](C)NC(=O)C2CCN(Cc3ccc(F)cc3)CC2)cc1OCC. The van der Waals surface area contributed by atoms with Gasteiger partial charge in [-0.2, -0.15) is 0 Å². The van der Waals surface area contributed by atoms with Crippen molar-refractivity contribution < 1.29 is 18.7 Å². The topological polar surface area (TPSA) is 50.8 Å². The molecule has 1 saturated heterocycles. The van der Waals surface area contributed by atoms with Gasteiger partial charge in [-0.3, -0.25) is 9.69 Å². The molecule has 1 atom stereocenters. The number of likely N-dealkylation sites (tertiary alicyclic amines) is 1. The first-order valence-corrected chi connectivity index (χ1v) is 11.2. The van der Waals surface area contributed by atoms with Crippen molar-refractivity contribution in [2.75, 3.05) is 26.3 Å². The maximum Gasteiger partial charge on any atom is 0.223 e. The number of rotatable bonds is 9. The van der Waals surface area contributed by atoms with E-state index < -0.39 is 0 Å². The molecule has 0 aliphatic carbocycles. The van der Waals surface area contributed by atoms with Gasteiger partial charge in [0.15, 0.2) is 11.5 Å². The van der Waals surface area contributed by atoms with E-state index >= 15 is 0 Å². The van der Waals surface area contributed by atoms with Crippen LogP contribution < -0.4 is 14.8 Å². The van der Waals surface area contributed by atoms with Gasteiger partial charge in [0.2, 0.25) is 5.91 Å². The van der Waals surface area contributed by atoms with Gasteiger partial charge in [-0.1, -0.05) is 18.2 Å². The minimum absolute atomic E-state index is 0.0148. The average molecular weight is 429 g/mol. The minimum Gasteiger partial charge on any atom is -0.490 e. The van der Waals surface area contributed by atoms with Gasteiger partial charge in [-0.15, -0.1) is 0 Å². The van der Waals surface area contributed by atoms with Crippen molar-refractivity contribution in [2.45, 2.75) is 46.2 Å². The zero-order valence-corrected chi connectivity index (χ0v) is 18.7. The van der Waals surface area contributed by atoms with E-state index in [2.05, 4.69) is 10.2 Å². The lowest BCUT2D eigenvalue weighted by Crippen LogP contribution is -2.40. The number of carbonyl (C=O) groups excluding carboxylic acids is 1. The van der Waals surface area contributed by atoms with E-state index in [1.807, 2.05) is 51.1 Å². The van der Waals surface area contributed by atoms with Crippen LogP contribution >= 0.6 is 0 Å². The zero-order chi connectivity index (χ0) is 22.2. The van der Waals surface area contributed by atoms with Crippen LogP contribution in [0.2, 0.25) is 0 Å². The summed E-state index contributed by atoms with van der Waals surface area (Å²) in [6.45, 7) is 9.52. The van der Waals surface area contributed by atoms with Crippen molar-refractivity contribution >= 4 is 5.91 Å². The first-order chi connectivity index (χ1) is 15.0. The second-order valence-corrected chi connectivity index (χ2v) is 7.98. The first-order valence-electron chi connectivity index (χ1n) is 11.2. The number of piperidine rings is 1. The highest BCUT2D eigenvalue weighted by Crippen LogP contribution is 2.31. The smallest absolute Gasteiger partial charge is 0.223 e. The molecule has 1 fully saturated rings. The van der Waals surface area contributed by atoms with Crippen molar-refractivity contribution in [3.63, 3.8) is 0 Å². The molecule has 6 heteroatoms. The first kappa shape index (κ1) is 23.1. The number of hydrogen-bond donors (Lipinski definition) is 1. The fourth-order valence-electron chi connectivity index (χ4n) is 3.95. The molecule has 31 heavy (non-hydrogen) atoms. The third-order valence-corrected chi connectivity index (χ3v) is 5.70. The number of amides is 1. The van der Waals surface area contributed by atoms with Crippen molar-refractivity contribution in [3.05, 3.63) is 59.4 Å². The van der Waals surface area contributed by atoms with Gasteiger partial charge < -0.3 is 14.8 Å². The summed E-state index contributed by atoms with van der Waals surface area (Å²) in [6.07, 6.45) is 1.65. The van der Waals surface area contributed by atoms with Crippen LogP contribution in [0.15, 0.2) is 42.5 Å². The van der Waals surface area contributed by atoms with Crippen LogP contribution in [0.25, 0.3) is 0 Å². The van der Waals surface area contributed by atoms with Gasteiger partial charge in [-0.05, 0) is 82.1 Å². The van der Waals surface area contributed by atoms with Crippen LogP contribution in [0.4, 0.5) is 4.39 Å². The van der Waals surface area contributed by atoms with Gasteiger partial charge in [0.1, 0.15) is 5.82 Å². The molecule has 0 spiro atoms. The molecule has 1 aliphatic rings. The molecule has 0 saturated carbocycles. The van der Waals surface area contributed by atoms with Gasteiger partial charge in [0.05, 0.1) is 19.3 Å². The maximum absolute atomic E-state index is 13.1. The molecule has 0 unspecified atom stereocenters. The number of benzene rings is 2. The van der Waals surface area contributed by atoms with Gasteiger partial charge in [0, 0.05) is 12.5 Å². The van der Waals surface area contributed by atoms with Crippen molar-refractivity contribution in [1.29, 1.82) is 0 Å². The molecule has 3 rings (SSSR count). The number of carbonyl (C=O) groups is 1. The third kappa shape index (κ3) is 6.44. The Hall–Kier alpha value is -2.60. The van der Waals surface area contributed by atoms with Crippen molar-refractivity contribution in [1.82, 2.24) is 10.2 Å². The van der Waals surface area contributed by atoms with E-state index in [-0.39, 0.29) is 23.7 Å².